The van der Waals surface area contributed by atoms with Crippen LogP contribution in [0.4, 0.5) is 5.69 Å². The van der Waals surface area contributed by atoms with Gasteiger partial charge in [0.1, 0.15) is 0 Å². The Hall–Kier alpha value is -1.50. The molecule has 104 valence electrons. The van der Waals surface area contributed by atoms with Crippen molar-refractivity contribution < 1.29 is 0 Å². The quantitative estimate of drug-likeness (QED) is 0.597. The Kier molecular flexibility index (Phi) is 5.88. The molecule has 0 aliphatic heterocycles. The van der Waals surface area contributed by atoms with Gasteiger partial charge in [-0.05, 0) is 44.7 Å². The second-order valence-electron chi connectivity index (χ2n) is 5.26. The summed E-state index contributed by atoms with van der Waals surface area (Å²) in [5.74, 6) is 0.497. The highest BCUT2D eigenvalue weighted by Gasteiger charge is 2.13. The van der Waals surface area contributed by atoms with Gasteiger partial charge in [-0.15, -0.1) is 0 Å². The van der Waals surface area contributed by atoms with Gasteiger partial charge in [0.15, 0.2) is 0 Å². The fourth-order valence-electron chi connectivity index (χ4n) is 2.27. The summed E-state index contributed by atoms with van der Waals surface area (Å²) in [6, 6.07) is 8.64. The number of nitrogens with zero attached hydrogens (tertiary/aromatic N) is 1. The number of hydrogen-bond donors (Lipinski definition) is 0. The summed E-state index contributed by atoms with van der Waals surface area (Å²) in [5, 5.41) is 0. The molecule has 1 rings (SSSR count). The first kappa shape index (κ1) is 15.6. The lowest BCUT2D eigenvalue weighted by Gasteiger charge is -2.28. The Morgan fingerprint density at radius 2 is 1.74 bits per heavy atom. The highest BCUT2D eigenvalue weighted by atomic mass is 15.1. The van der Waals surface area contributed by atoms with Crippen LogP contribution in [0.2, 0.25) is 0 Å². The van der Waals surface area contributed by atoms with E-state index >= 15 is 0 Å². The molecular formula is C18H27N. The number of benzene rings is 1. The van der Waals surface area contributed by atoms with E-state index in [-0.39, 0.29) is 0 Å². The molecule has 1 aromatic rings. The lowest BCUT2D eigenvalue weighted by molar-refractivity contribution is 0.637. The van der Waals surface area contributed by atoms with Crippen LogP contribution in [-0.2, 0) is 0 Å². The number of aryl methyl sites for hydroxylation is 1. The minimum absolute atomic E-state index is 0.497. The van der Waals surface area contributed by atoms with Crippen molar-refractivity contribution in [3.63, 3.8) is 0 Å². The molecule has 0 heterocycles. The molecule has 19 heavy (non-hydrogen) atoms. The van der Waals surface area contributed by atoms with Crippen molar-refractivity contribution >= 4 is 5.69 Å². The predicted molar refractivity (Wildman–Crippen MR) is 86.6 cm³/mol. The van der Waals surface area contributed by atoms with Gasteiger partial charge >= 0.3 is 0 Å². The first-order chi connectivity index (χ1) is 8.99. The van der Waals surface area contributed by atoms with Crippen molar-refractivity contribution in [3.05, 3.63) is 54.3 Å². The molecule has 0 saturated carbocycles. The summed E-state index contributed by atoms with van der Waals surface area (Å²) in [6.07, 6.45) is 2.03. The third-order valence-corrected chi connectivity index (χ3v) is 3.74. The molecular weight excluding hydrogens is 230 g/mol. The molecule has 0 saturated heterocycles. The lowest BCUT2D eigenvalue weighted by atomic mass is 9.95. The molecule has 1 heteroatoms. The van der Waals surface area contributed by atoms with E-state index in [9.17, 15) is 0 Å². The Morgan fingerprint density at radius 1 is 1.16 bits per heavy atom. The van der Waals surface area contributed by atoms with Gasteiger partial charge in [0.05, 0.1) is 0 Å². The summed E-state index contributed by atoms with van der Waals surface area (Å²) in [5.41, 5.74) is 5.00. The van der Waals surface area contributed by atoms with Gasteiger partial charge < -0.3 is 4.90 Å². The molecule has 1 atom stereocenters. The zero-order valence-corrected chi connectivity index (χ0v) is 12.9. The molecule has 0 bridgehead atoms. The number of rotatable bonds is 7. The number of anilines is 1. The van der Waals surface area contributed by atoms with Gasteiger partial charge in [0, 0.05) is 17.9 Å². The molecule has 0 aliphatic carbocycles. The fraction of sp³-hybridized carbons (Fsp3) is 0.444. The molecule has 0 radical (unpaired) electrons. The van der Waals surface area contributed by atoms with E-state index < -0.39 is 0 Å². The summed E-state index contributed by atoms with van der Waals surface area (Å²) in [6.45, 7) is 18.0. The Morgan fingerprint density at radius 3 is 2.21 bits per heavy atom. The van der Waals surface area contributed by atoms with Crippen LogP contribution in [0, 0.1) is 12.8 Å². The molecule has 1 nitrogen and oxygen atoms in total. The minimum atomic E-state index is 0.497. The van der Waals surface area contributed by atoms with E-state index in [4.69, 9.17) is 0 Å². The fourth-order valence-corrected chi connectivity index (χ4v) is 2.27. The maximum Gasteiger partial charge on any atom is 0.0408 e. The molecule has 0 amide bonds. The van der Waals surface area contributed by atoms with E-state index in [0.717, 1.165) is 19.4 Å². The minimum Gasteiger partial charge on any atom is -0.346 e. The Bertz CT molecular complexity index is 428. The van der Waals surface area contributed by atoms with Crippen molar-refractivity contribution in [2.45, 2.75) is 40.5 Å². The number of allylic oxidation sites excluding steroid dienone is 2. The van der Waals surface area contributed by atoms with Crippen LogP contribution in [0.5, 0.6) is 0 Å². The van der Waals surface area contributed by atoms with E-state index in [2.05, 4.69) is 70.0 Å². The maximum absolute atomic E-state index is 4.27. The van der Waals surface area contributed by atoms with Crippen LogP contribution in [0.3, 0.4) is 0 Å². The van der Waals surface area contributed by atoms with Crippen LogP contribution >= 0.6 is 0 Å². The first-order valence-electron chi connectivity index (χ1n) is 7.19. The van der Waals surface area contributed by atoms with Crippen LogP contribution < -0.4 is 4.90 Å². The largest absolute Gasteiger partial charge is 0.346 e. The van der Waals surface area contributed by atoms with Gasteiger partial charge in [-0.2, -0.15) is 0 Å². The van der Waals surface area contributed by atoms with Crippen LogP contribution in [0.1, 0.15) is 39.2 Å². The smallest absolute Gasteiger partial charge is 0.0408 e. The van der Waals surface area contributed by atoms with Gasteiger partial charge in [-0.3, -0.25) is 0 Å². The summed E-state index contributed by atoms with van der Waals surface area (Å²) >= 11 is 0. The van der Waals surface area contributed by atoms with Gasteiger partial charge in [-0.25, -0.2) is 0 Å². The average molecular weight is 257 g/mol. The molecule has 0 aliphatic rings. The van der Waals surface area contributed by atoms with Gasteiger partial charge in [0.2, 0.25) is 0 Å². The SMILES string of the molecule is C=C(CC)C(C)CC(=C)N(CC)c1ccc(C)cc1. The monoisotopic (exact) mass is 257 g/mol. The second kappa shape index (κ2) is 7.18. The van der Waals surface area contributed by atoms with Crippen molar-refractivity contribution in [1.82, 2.24) is 0 Å². The maximum atomic E-state index is 4.27. The summed E-state index contributed by atoms with van der Waals surface area (Å²) < 4.78 is 0. The highest BCUT2D eigenvalue weighted by Crippen LogP contribution is 2.26. The zero-order chi connectivity index (χ0) is 14.4. The van der Waals surface area contributed by atoms with Gasteiger partial charge in [0.25, 0.3) is 0 Å². The third kappa shape index (κ3) is 4.27. The average Bonchev–Trinajstić information content (AvgIpc) is 2.40. The third-order valence-electron chi connectivity index (χ3n) is 3.74. The molecule has 0 fully saturated rings. The van der Waals surface area contributed by atoms with E-state index in [1.54, 1.807) is 0 Å². The molecule has 0 aromatic heterocycles. The van der Waals surface area contributed by atoms with Crippen LogP contribution in [0.15, 0.2) is 48.7 Å². The highest BCUT2D eigenvalue weighted by molar-refractivity contribution is 5.52. The zero-order valence-electron chi connectivity index (χ0n) is 12.9. The molecule has 0 N–H and O–H groups in total. The second-order valence-corrected chi connectivity index (χ2v) is 5.26. The molecule has 0 spiro atoms. The number of hydrogen-bond acceptors (Lipinski definition) is 1. The normalized spacial score (nSPS) is 12.0. The Balaban J connectivity index is 2.77. The van der Waals surface area contributed by atoms with Crippen molar-refractivity contribution in [1.29, 1.82) is 0 Å². The van der Waals surface area contributed by atoms with Crippen molar-refractivity contribution in [3.8, 4) is 0 Å². The van der Waals surface area contributed by atoms with Crippen molar-refractivity contribution in [2.24, 2.45) is 5.92 Å². The van der Waals surface area contributed by atoms with E-state index in [1.807, 2.05) is 0 Å². The van der Waals surface area contributed by atoms with Crippen LogP contribution in [-0.4, -0.2) is 6.54 Å². The summed E-state index contributed by atoms with van der Waals surface area (Å²) in [7, 11) is 0. The lowest BCUT2D eigenvalue weighted by Crippen LogP contribution is -2.22. The topological polar surface area (TPSA) is 3.24 Å². The molecule has 1 aromatic carbocycles. The van der Waals surface area contributed by atoms with E-state index in [1.165, 1.54) is 22.5 Å². The molecule has 1 unspecified atom stereocenters. The van der Waals surface area contributed by atoms with E-state index in [0.29, 0.717) is 5.92 Å². The summed E-state index contributed by atoms with van der Waals surface area (Å²) in [4.78, 5) is 2.29. The van der Waals surface area contributed by atoms with Crippen molar-refractivity contribution in [2.75, 3.05) is 11.4 Å². The standard InChI is InChI=1S/C18H27N/c1-7-15(4)16(5)13-17(6)19(8-2)18-11-9-14(3)10-12-18/h9-12,16H,4,6-8,13H2,1-3,5H3. The van der Waals surface area contributed by atoms with Gasteiger partial charge in [-0.1, -0.05) is 50.3 Å². The predicted octanol–water partition coefficient (Wildman–Crippen LogP) is 5.33. The first-order valence-corrected chi connectivity index (χ1v) is 7.19. The van der Waals surface area contributed by atoms with Crippen LogP contribution in [0.25, 0.3) is 0 Å². The Labute approximate surface area is 118 Å².